The Balaban J connectivity index is 1.61. The Bertz CT molecular complexity index is 409. The van der Waals surface area contributed by atoms with Gasteiger partial charge in [0.2, 0.25) is 0 Å². The van der Waals surface area contributed by atoms with E-state index in [1.807, 2.05) is 0 Å². The number of halogens is 1. The van der Waals surface area contributed by atoms with Gasteiger partial charge in [-0.25, -0.2) is 0 Å². The number of aromatic nitrogens is 2. The fraction of sp³-hybridized carbons (Fsp3) is 0.812. The molecular formula is C16H25BrN2. The third-order valence-corrected chi connectivity index (χ3v) is 6.50. The van der Waals surface area contributed by atoms with Gasteiger partial charge in [0, 0.05) is 11.0 Å². The summed E-state index contributed by atoms with van der Waals surface area (Å²) >= 11 is 3.80. The first-order valence-corrected chi connectivity index (χ1v) is 8.83. The van der Waals surface area contributed by atoms with Crippen molar-refractivity contribution >= 4 is 15.9 Å². The van der Waals surface area contributed by atoms with Gasteiger partial charge >= 0.3 is 0 Å². The standard InChI is InChI=1S/C16H25BrN2/c1-12-13(7-8-16(12)17)11-14-9-10-19(18-14)15-5-3-2-4-6-15/h9-10,12-13,15-16H,2-8,11H2,1H3. The molecule has 0 N–H and O–H groups in total. The molecule has 3 atom stereocenters. The lowest BCUT2D eigenvalue weighted by atomic mass is 9.93. The minimum atomic E-state index is 0.674. The second-order valence-corrected chi connectivity index (χ2v) is 7.67. The molecule has 1 heterocycles. The van der Waals surface area contributed by atoms with Crippen LogP contribution in [-0.2, 0) is 6.42 Å². The molecule has 3 heteroatoms. The van der Waals surface area contributed by atoms with Gasteiger partial charge in [0.15, 0.2) is 0 Å². The smallest absolute Gasteiger partial charge is 0.0627 e. The van der Waals surface area contributed by atoms with E-state index >= 15 is 0 Å². The average Bonchev–Trinajstić information content (AvgIpc) is 3.02. The topological polar surface area (TPSA) is 17.8 Å². The monoisotopic (exact) mass is 324 g/mol. The fourth-order valence-corrected chi connectivity index (χ4v) is 4.48. The predicted octanol–water partition coefficient (Wildman–Crippen LogP) is 4.74. The van der Waals surface area contributed by atoms with Crippen molar-refractivity contribution in [2.24, 2.45) is 11.8 Å². The third-order valence-electron chi connectivity index (χ3n) is 5.21. The summed E-state index contributed by atoms with van der Waals surface area (Å²) < 4.78 is 2.25. The molecule has 0 bridgehead atoms. The van der Waals surface area contributed by atoms with Crippen LogP contribution in [-0.4, -0.2) is 14.6 Å². The minimum absolute atomic E-state index is 0.674. The van der Waals surface area contributed by atoms with Crippen LogP contribution in [0.3, 0.4) is 0 Å². The Morgan fingerprint density at radius 3 is 2.68 bits per heavy atom. The molecule has 2 nitrogen and oxygen atoms in total. The summed E-state index contributed by atoms with van der Waals surface area (Å²) in [6.45, 7) is 2.38. The van der Waals surface area contributed by atoms with Crippen molar-refractivity contribution in [1.82, 2.24) is 9.78 Å². The van der Waals surface area contributed by atoms with E-state index in [0.717, 1.165) is 16.7 Å². The van der Waals surface area contributed by atoms with Crippen molar-refractivity contribution in [2.45, 2.75) is 69.2 Å². The number of nitrogens with zero attached hydrogens (tertiary/aromatic N) is 2. The van der Waals surface area contributed by atoms with Crippen LogP contribution in [0.15, 0.2) is 12.3 Å². The molecule has 0 radical (unpaired) electrons. The first kappa shape index (κ1) is 13.7. The number of hydrogen-bond acceptors (Lipinski definition) is 1. The highest BCUT2D eigenvalue weighted by molar-refractivity contribution is 9.09. The van der Waals surface area contributed by atoms with Crippen molar-refractivity contribution < 1.29 is 0 Å². The highest BCUT2D eigenvalue weighted by Crippen LogP contribution is 2.38. The Kier molecular flexibility index (Phi) is 4.30. The molecule has 3 unspecified atom stereocenters. The van der Waals surface area contributed by atoms with Crippen molar-refractivity contribution in [3.8, 4) is 0 Å². The lowest BCUT2D eigenvalue weighted by Gasteiger charge is -2.22. The second kappa shape index (κ2) is 5.99. The lowest BCUT2D eigenvalue weighted by Crippen LogP contribution is -2.15. The summed E-state index contributed by atoms with van der Waals surface area (Å²) in [5.74, 6) is 1.61. The molecule has 19 heavy (non-hydrogen) atoms. The summed E-state index contributed by atoms with van der Waals surface area (Å²) in [7, 11) is 0. The fourth-order valence-electron chi connectivity index (χ4n) is 3.79. The molecule has 1 aromatic rings. The molecule has 2 aliphatic rings. The quantitative estimate of drug-likeness (QED) is 0.734. The van der Waals surface area contributed by atoms with E-state index in [0.29, 0.717) is 6.04 Å². The van der Waals surface area contributed by atoms with Gasteiger partial charge in [0.1, 0.15) is 0 Å². The molecule has 0 aromatic carbocycles. The Morgan fingerprint density at radius 1 is 1.21 bits per heavy atom. The minimum Gasteiger partial charge on any atom is -0.269 e. The third kappa shape index (κ3) is 3.07. The molecular weight excluding hydrogens is 300 g/mol. The van der Waals surface area contributed by atoms with E-state index in [2.05, 4.69) is 39.8 Å². The number of alkyl halides is 1. The van der Waals surface area contributed by atoms with Gasteiger partial charge in [-0.2, -0.15) is 5.10 Å². The molecule has 2 aliphatic carbocycles. The van der Waals surface area contributed by atoms with Gasteiger partial charge in [-0.15, -0.1) is 0 Å². The SMILES string of the molecule is CC1C(Br)CCC1Cc1ccn(C2CCCCC2)n1. The summed E-state index contributed by atoms with van der Waals surface area (Å²) in [5, 5.41) is 4.86. The summed E-state index contributed by atoms with van der Waals surface area (Å²) in [4.78, 5) is 0.720. The zero-order valence-electron chi connectivity index (χ0n) is 11.9. The highest BCUT2D eigenvalue weighted by atomic mass is 79.9. The largest absolute Gasteiger partial charge is 0.269 e. The second-order valence-electron chi connectivity index (χ2n) is 6.50. The zero-order valence-corrected chi connectivity index (χ0v) is 13.5. The van der Waals surface area contributed by atoms with Crippen LogP contribution in [0.1, 0.15) is 63.6 Å². The maximum Gasteiger partial charge on any atom is 0.0627 e. The van der Waals surface area contributed by atoms with Crippen LogP contribution >= 0.6 is 15.9 Å². The summed E-state index contributed by atoms with van der Waals surface area (Å²) in [6, 6.07) is 2.93. The van der Waals surface area contributed by atoms with E-state index in [-0.39, 0.29) is 0 Å². The maximum absolute atomic E-state index is 4.86. The van der Waals surface area contributed by atoms with Crippen LogP contribution < -0.4 is 0 Å². The van der Waals surface area contributed by atoms with Crippen LogP contribution in [0.5, 0.6) is 0 Å². The first-order valence-electron chi connectivity index (χ1n) is 7.92. The number of rotatable bonds is 3. The predicted molar refractivity (Wildman–Crippen MR) is 82.7 cm³/mol. The highest BCUT2D eigenvalue weighted by Gasteiger charge is 2.31. The van der Waals surface area contributed by atoms with E-state index in [1.165, 1.54) is 57.1 Å². The summed E-state index contributed by atoms with van der Waals surface area (Å²) in [6.07, 6.45) is 12.9. The van der Waals surface area contributed by atoms with E-state index in [1.54, 1.807) is 0 Å². The van der Waals surface area contributed by atoms with Crippen molar-refractivity contribution in [3.05, 3.63) is 18.0 Å². The maximum atomic E-state index is 4.86. The molecule has 0 saturated heterocycles. The van der Waals surface area contributed by atoms with Gasteiger partial charge in [-0.3, -0.25) is 4.68 Å². The average molecular weight is 325 g/mol. The Morgan fingerprint density at radius 2 is 2.00 bits per heavy atom. The molecule has 2 saturated carbocycles. The molecule has 1 aromatic heterocycles. The normalized spacial score (nSPS) is 32.8. The zero-order chi connectivity index (χ0) is 13.2. The molecule has 2 fully saturated rings. The van der Waals surface area contributed by atoms with E-state index < -0.39 is 0 Å². The number of hydrogen-bond donors (Lipinski definition) is 0. The van der Waals surface area contributed by atoms with Gasteiger partial charge in [-0.05, 0) is 50.0 Å². The molecule has 0 spiro atoms. The molecule has 0 aliphatic heterocycles. The van der Waals surface area contributed by atoms with Crippen LogP contribution in [0.25, 0.3) is 0 Å². The Labute approximate surface area is 125 Å². The van der Waals surface area contributed by atoms with Crippen molar-refractivity contribution in [1.29, 1.82) is 0 Å². The molecule has 0 amide bonds. The van der Waals surface area contributed by atoms with Crippen molar-refractivity contribution in [3.63, 3.8) is 0 Å². The van der Waals surface area contributed by atoms with Crippen LogP contribution in [0.4, 0.5) is 0 Å². The summed E-state index contributed by atoms with van der Waals surface area (Å²) in [5.41, 5.74) is 1.31. The first-order chi connectivity index (χ1) is 9.24. The molecule has 106 valence electrons. The van der Waals surface area contributed by atoms with E-state index in [9.17, 15) is 0 Å². The lowest BCUT2D eigenvalue weighted by molar-refractivity contribution is 0.326. The van der Waals surface area contributed by atoms with Crippen molar-refractivity contribution in [2.75, 3.05) is 0 Å². The molecule has 3 rings (SSSR count). The van der Waals surface area contributed by atoms with Crippen LogP contribution in [0, 0.1) is 11.8 Å². The van der Waals surface area contributed by atoms with Crippen LogP contribution in [0.2, 0.25) is 0 Å². The van der Waals surface area contributed by atoms with Gasteiger partial charge in [-0.1, -0.05) is 42.1 Å². The van der Waals surface area contributed by atoms with Gasteiger partial charge < -0.3 is 0 Å². The van der Waals surface area contributed by atoms with E-state index in [4.69, 9.17) is 5.10 Å². The van der Waals surface area contributed by atoms with Gasteiger partial charge in [0.05, 0.1) is 11.7 Å². The van der Waals surface area contributed by atoms with Gasteiger partial charge in [0.25, 0.3) is 0 Å². The Hall–Kier alpha value is -0.310.